The topological polar surface area (TPSA) is 73.9 Å². The zero-order chi connectivity index (χ0) is 18.9. The first-order chi connectivity index (χ1) is 12.6. The normalized spacial score (nSPS) is 12.7. The third kappa shape index (κ3) is 5.07. The molecule has 0 unspecified atom stereocenters. The second-order valence-corrected chi connectivity index (χ2v) is 5.67. The third-order valence-corrected chi connectivity index (χ3v) is 3.95. The Morgan fingerprint density at radius 1 is 1.00 bits per heavy atom. The van der Waals surface area contributed by atoms with Crippen LogP contribution in [0.25, 0.3) is 0 Å². The second-order valence-electron chi connectivity index (χ2n) is 5.67. The van der Waals surface area contributed by atoms with Crippen molar-refractivity contribution < 1.29 is 23.8 Å². The molecule has 0 aliphatic rings. The van der Waals surface area contributed by atoms with Crippen LogP contribution in [0.2, 0.25) is 0 Å². The monoisotopic (exact) mass is 357 g/mol. The molecule has 6 nitrogen and oxygen atoms in total. The summed E-state index contributed by atoms with van der Waals surface area (Å²) in [6, 6.07) is 15.6. The van der Waals surface area contributed by atoms with E-state index in [1.165, 1.54) is 14.2 Å². The molecule has 0 saturated heterocycles. The lowest BCUT2D eigenvalue weighted by molar-refractivity contribution is -0.146. The highest BCUT2D eigenvalue weighted by molar-refractivity contribution is 5.87. The van der Waals surface area contributed by atoms with Crippen LogP contribution in [0, 0.1) is 0 Å². The molecule has 138 valence electrons. The number of carbonyl (C=O) groups excluding carboxylic acids is 2. The van der Waals surface area contributed by atoms with Gasteiger partial charge in [0.05, 0.1) is 14.2 Å². The molecule has 0 heterocycles. The summed E-state index contributed by atoms with van der Waals surface area (Å²) in [5, 5.41) is 2.72. The van der Waals surface area contributed by atoms with Crippen molar-refractivity contribution in [1.82, 2.24) is 5.32 Å². The van der Waals surface area contributed by atoms with Gasteiger partial charge in [0.1, 0.15) is 11.8 Å². The van der Waals surface area contributed by atoms with Crippen molar-refractivity contribution in [1.29, 1.82) is 0 Å². The lowest BCUT2D eigenvalue weighted by atomic mass is 10.0. The first kappa shape index (κ1) is 19.5. The van der Waals surface area contributed by atoms with E-state index in [1.54, 1.807) is 19.2 Å². The van der Waals surface area contributed by atoms with E-state index in [2.05, 4.69) is 5.32 Å². The number of amides is 1. The van der Waals surface area contributed by atoms with Crippen LogP contribution in [0.5, 0.6) is 5.75 Å². The summed E-state index contributed by atoms with van der Waals surface area (Å²) >= 11 is 0. The summed E-state index contributed by atoms with van der Waals surface area (Å²) in [4.78, 5) is 24.8. The number of nitrogens with one attached hydrogen (secondary N) is 1. The Morgan fingerprint density at radius 3 is 2.35 bits per heavy atom. The van der Waals surface area contributed by atoms with Crippen LogP contribution in [-0.4, -0.2) is 39.2 Å². The molecule has 0 aromatic heterocycles. The molecule has 2 aromatic carbocycles. The van der Waals surface area contributed by atoms with Crippen LogP contribution in [0.4, 0.5) is 0 Å². The highest BCUT2D eigenvalue weighted by Crippen LogP contribution is 2.18. The summed E-state index contributed by atoms with van der Waals surface area (Å²) < 4.78 is 15.3. The van der Waals surface area contributed by atoms with Crippen LogP contribution in [0.1, 0.15) is 17.2 Å². The molecule has 2 rings (SSSR count). The Hall–Kier alpha value is -2.86. The van der Waals surface area contributed by atoms with Crippen molar-refractivity contribution in [3.05, 3.63) is 65.7 Å². The predicted molar refractivity (Wildman–Crippen MR) is 96.8 cm³/mol. The van der Waals surface area contributed by atoms with E-state index in [4.69, 9.17) is 14.2 Å². The van der Waals surface area contributed by atoms with Gasteiger partial charge in [-0.05, 0) is 23.3 Å². The van der Waals surface area contributed by atoms with E-state index in [0.29, 0.717) is 11.3 Å². The molecule has 0 saturated carbocycles. The fraction of sp³-hybridized carbons (Fsp3) is 0.300. The van der Waals surface area contributed by atoms with E-state index in [-0.39, 0.29) is 6.42 Å². The zero-order valence-corrected chi connectivity index (χ0v) is 15.1. The predicted octanol–water partition coefficient (Wildman–Crippen LogP) is 2.28. The van der Waals surface area contributed by atoms with Gasteiger partial charge >= 0.3 is 5.97 Å². The van der Waals surface area contributed by atoms with Crippen molar-refractivity contribution in [3.63, 3.8) is 0 Å². The maximum atomic E-state index is 12.7. The maximum absolute atomic E-state index is 12.7. The minimum atomic E-state index is -0.832. The highest BCUT2D eigenvalue weighted by atomic mass is 16.5. The summed E-state index contributed by atoms with van der Waals surface area (Å²) in [7, 11) is 4.31. The SMILES string of the molecule is COC(=O)[C@H](Cc1cccc(OC)c1)NC(=O)[C@H](OC)c1ccccc1. The lowest BCUT2D eigenvalue weighted by Gasteiger charge is -2.21. The van der Waals surface area contributed by atoms with Crippen LogP contribution in [0.15, 0.2) is 54.6 Å². The van der Waals surface area contributed by atoms with Gasteiger partial charge < -0.3 is 19.5 Å². The Labute approximate surface area is 153 Å². The van der Waals surface area contributed by atoms with Crippen molar-refractivity contribution in [2.75, 3.05) is 21.3 Å². The fourth-order valence-corrected chi connectivity index (χ4v) is 2.64. The van der Waals surface area contributed by atoms with Gasteiger partial charge in [-0.15, -0.1) is 0 Å². The molecule has 0 spiro atoms. The first-order valence-electron chi connectivity index (χ1n) is 8.18. The second kappa shape index (κ2) is 9.58. The van der Waals surface area contributed by atoms with Crippen molar-refractivity contribution >= 4 is 11.9 Å². The molecule has 0 aliphatic heterocycles. The molecule has 1 N–H and O–H groups in total. The summed E-state index contributed by atoms with van der Waals surface area (Å²) in [6.07, 6.45) is -0.533. The molecule has 2 aromatic rings. The molecular weight excluding hydrogens is 334 g/mol. The molecule has 2 atom stereocenters. The van der Waals surface area contributed by atoms with Gasteiger partial charge in [-0.2, -0.15) is 0 Å². The summed E-state index contributed by atoms with van der Waals surface area (Å²) in [5.41, 5.74) is 1.55. The van der Waals surface area contributed by atoms with Gasteiger partial charge in [-0.3, -0.25) is 4.79 Å². The maximum Gasteiger partial charge on any atom is 0.328 e. The Kier molecular flexibility index (Phi) is 7.17. The van der Waals surface area contributed by atoms with Crippen LogP contribution >= 0.6 is 0 Å². The van der Waals surface area contributed by atoms with Gasteiger partial charge in [0.25, 0.3) is 5.91 Å². The number of rotatable bonds is 8. The highest BCUT2D eigenvalue weighted by Gasteiger charge is 2.27. The van der Waals surface area contributed by atoms with Crippen LogP contribution in [-0.2, 0) is 25.5 Å². The van der Waals surface area contributed by atoms with E-state index >= 15 is 0 Å². The molecule has 26 heavy (non-hydrogen) atoms. The van der Waals surface area contributed by atoms with Gasteiger partial charge in [0, 0.05) is 13.5 Å². The molecule has 0 bridgehead atoms. The Balaban J connectivity index is 2.16. The van der Waals surface area contributed by atoms with E-state index in [0.717, 1.165) is 5.56 Å². The van der Waals surface area contributed by atoms with E-state index in [1.807, 2.05) is 42.5 Å². The number of hydrogen-bond acceptors (Lipinski definition) is 5. The number of benzene rings is 2. The van der Waals surface area contributed by atoms with Gasteiger partial charge in [-0.25, -0.2) is 4.79 Å². The average molecular weight is 357 g/mol. The minimum absolute atomic E-state index is 0.279. The third-order valence-electron chi connectivity index (χ3n) is 3.95. The van der Waals surface area contributed by atoms with Crippen molar-refractivity contribution in [2.45, 2.75) is 18.6 Å². The van der Waals surface area contributed by atoms with Crippen LogP contribution < -0.4 is 10.1 Å². The molecular formula is C20H23NO5. The quantitative estimate of drug-likeness (QED) is 0.734. The lowest BCUT2D eigenvalue weighted by Crippen LogP contribution is -2.45. The number of carbonyl (C=O) groups is 2. The molecule has 0 radical (unpaired) electrons. The van der Waals surface area contributed by atoms with E-state index < -0.39 is 24.0 Å². The minimum Gasteiger partial charge on any atom is -0.497 e. The number of hydrogen-bond donors (Lipinski definition) is 1. The Bertz CT molecular complexity index is 732. The molecule has 6 heteroatoms. The van der Waals surface area contributed by atoms with Gasteiger partial charge in [0.15, 0.2) is 6.10 Å². The number of methoxy groups -OCH3 is 3. The van der Waals surface area contributed by atoms with Crippen molar-refractivity contribution in [3.8, 4) is 5.75 Å². The van der Waals surface area contributed by atoms with Gasteiger partial charge in [-0.1, -0.05) is 42.5 Å². The standard InChI is InChI=1S/C20H23NO5/c1-24-16-11-7-8-14(12-16)13-17(20(23)26-3)21-19(22)18(25-2)15-9-5-4-6-10-15/h4-12,17-18H,13H2,1-3H3,(H,21,22)/t17-,18+/m0/s1. The fourth-order valence-electron chi connectivity index (χ4n) is 2.64. The summed E-state index contributed by atoms with van der Waals surface area (Å²) in [6.45, 7) is 0. The first-order valence-corrected chi connectivity index (χ1v) is 8.18. The Morgan fingerprint density at radius 2 is 1.73 bits per heavy atom. The van der Waals surface area contributed by atoms with E-state index in [9.17, 15) is 9.59 Å². The number of ether oxygens (including phenoxy) is 3. The largest absolute Gasteiger partial charge is 0.497 e. The zero-order valence-electron chi connectivity index (χ0n) is 15.1. The molecule has 0 fully saturated rings. The van der Waals surface area contributed by atoms with Crippen molar-refractivity contribution in [2.24, 2.45) is 0 Å². The van der Waals surface area contributed by atoms with Crippen LogP contribution in [0.3, 0.4) is 0 Å². The number of esters is 1. The smallest absolute Gasteiger partial charge is 0.328 e. The molecule has 1 amide bonds. The molecule has 0 aliphatic carbocycles. The summed E-state index contributed by atoms with van der Waals surface area (Å²) in [5.74, 6) is -0.252. The van der Waals surface area contributed by atoms with Gasteiger partial charge in [0.2, 0.25) is 0 Å². The average Bonchev–Trinajstić information content (AvgIpc) is 2.68.